The van der Waals surface area contributed by atoms with Gasteiger partial charge in [-0.05, 0) is 30.0 Å². The molecule has 0 unspecified atom stereocenters. The minimum absolute atomic E-state index is 0.0159. The fraction of sp³-hybridized carbons (Fsp3) is 0.200. The average Bonchev–Trinajstić information content (AvgIpc) is 3.43. The van der Waals surface area contributed by atoms with Crippen molar-refractivity contribution in [1.29, 1.82) is 0 Å². The lowest BCUT2D eigenvalue weighted by Gasteiger charge is -2.15. The van der Waals surface area contributed by atoms with Crippen molar-refractivity contribution in [2.24, 2.45) is 11.0 Å². The number of para-hydroxylation sites is 1. The van der Waals surface area contributed by atoms with Crippen molar-refractivity contribution in [3.05, 3.63) is 71.3 Å². The van der Waals surface area contributed by atoms with Crippen LogP contribution >= 0.6 is 0 Å². The van der Waals surface area contributed by atoms with Crippen LogP contribution in [-0.4, -0.2) is 18.7 Å². The second-order valence-corrected chi connectivity index (χ2v) is 6.14. The molecule has 0 saturated heterocycles. The number of nitrogens with one attached hydrogen (secondary N) is 1. The highest BCUT2D eigenvalue weighted by atomic mass is 16.5. The summed E-state index contributed by atoms with van der Waals surface area (Å²) in [4.78, 5) is 12.2. The second kappa shape index (κ2) is 6.32. The Hall–Kier alpha value is -2.88. The van der Waals surface area contributed by atoms with E-state index in [2.05, 4.69) is 22.7 Å². The van der Waals surface area contributed by atoms with Gasteiger partial charge < -0.3 is 4.74 Å². The Morgan fingerprint density at radius 2 is 1.92 bits per heavy atom. The molecule has 120 valence electrons. The van der Waals surface area contributed by atoms with Crippen LogP contribution in [0.4, 0.5) is 0 Å². The zero-order chi connectivity index (χ0) is 16.4. The van der Waals surface area contributed by atoms with E-state index in [1.165, 1.54) is 5.56 Å². The van der Waals surface area contributed by atoms with Crippen LogP contribution in [0.5, 0.6) is 5.75 Å². The van der Waals surface area contributed by atoms with Crippen LogP contribution in [0.1, 0.15) is 23.5 Å². The van der Waals surface area contributed by atoms with Crippen LogP contribution in [0.15, 0.2) is 65.3 Å². The first-order valence-electron chi connectivity index (χ1n) is 8.11. The molecule has 0 aromatic heterocycles. The van der Waals surface area contributed by atoms with Crippen LogP contribution < -0.4 is 10.2 Å². The molecule has 1 fully saturated rings. The van der Waals surface area contributed by atoms with Crippen molar-refractivity contribution in [3.8, 4) is 5.75 Å². The number of rotatable bonds is 4. The molecular formula is C20H18N2O2. The fourth-order valence-electron chi connectivity index (χ4n) is 3.02. The molecule has 2 aromatic carbocycles. The van der Waals surface area contributed by atoms with Gasteiger partial charge in [0.05, 0.1) is 6.21 Å². The number of fused-ring (bicyclic) bond motifs is 1. The van der Waals surface area contributed by atoms with Gasteiger partial charge in [-0.15, -0.1) is 0 Å². The number of carbonyl (C=O) groups is 1. The molecule has 2 aliphatic rings. The Labute approximate surface area is 140 Å². The van der Waals surface area contributed by atoms with E-state index >= 15 is 0 Å². The number of hydrazone groups is 1. The van der Waals surface area contributed by atoms with Gasteiger partial charge in [-0.25, -0.2) is 5.43 Å². The lowest BCUT2D eigenvalue weighted by molar-refractivity contribution is -0.122. The lowest BCUT2D eigenvalue weighted by Crippen LogP contribution is -2.20. The molecular weight excluding hydrogens is 300 g/mol. The van der Waals surface area contributed by atoms with E-state index in [9.17, 15) is 4.79 Å². The number of hydrogen-bond acceptors (Lipinski definition) is 3. The summed E-state index contributed by atoms with van der Waals surface area (Å²) in [6, 6.07) is 18.0. The Kier molecular flexibility index (Phi) is 3.87. The molecule has 4 nitrogen and oxygen atoms in total. The summed E-state index contributed by atoms with van der Waals surface area (Å²) in [6.07, 6.45) is 4.58. The van der Waals surface area contributed by atoms with Gasteiger partial charge in [0.1, 0.15) is 12.4 Å². The van der Waals surface area contributed by atoms with E-state index in [-0.39, 0.29) is 11.8 Å². The maximum atomic E-state index is 12.2. The van der Waals surface area contributed by atoms with Gasteiger partial charge in [-0.3, -0.25) is 4.79 Å². The maximum Gasteiger partial charge on any atom is 0.243 e. The smallest absolute Gasteiger partial charge is 0.243 e. The Morgan fingerprint density at radius 1 is 1.12 bits per heavy atom. The van der Waals surface area contributed by atoms with E-state index in [1.54, 1.807) is 6.21 Å². The van der Waals surface area contributed by atoms with E-state index < -0.39 is 0 Å². The monoisotopic (exact) mass is 318 g/mol. The number of ether oxygens (including phenoxy) is 1. The highest BCUT2D eigenvalue weighted by molar-refractivity contribution is 5.89. The summed E-state index contributed by atoms with van der Waals surface area (Å²) >= 11 is 0. The quantitative estimate of drug-likeness (QED) is 0.694. The molecule has 2 aromatic rings. The third-order valence-corrected chi connectivity index (χ3v) is 4.41. The van der Waals surface area contributed by atoms with Gasteiger partial charge in [0, 0.05) is 17.1 Å². The number of nitrogens with zero attached hydrogens (tertiary/aromatic N) is 1. The molecule has 1 saturated carbocycles. The highest BCUT2D eigenvalue weighted by Gasteiger charge is 2.43. The Balaban J connectivity index is 1.34. The van der Waals surface area contributed by atoms with Crippen LogP contribution in [0, 0.1) is 5.92 Å². The minimum atomic E-state index is -0.0159. The van der Waals surface area contributed by atoms with E-state index in [0.29, 0.717) is 12.5 Å². The largest absolute Gasteiger partial charge is 0.488 e. The number of amides is 1. The molecule has 1 aliphatic heterocycles. The molecule has 1 aliphatic carbocycles. The zero-order valence-electron chi connectivity index (χ0n) is 13.2. The molecule has 4 heteroatoms. The molecule has 1 heterocycles. The van der Waals surface area contributed by atoms with Crippen LogP contribution in [-0.2, 0) is 4.79 Å². The summed E-state index contributed by atoms with van der Waals surface area (Å²) < 4.78 is 5.66. The highest BCUT2D eigenvalue weighted by Crippen LogP contribution is 2.47. The molecule has 0 spiro atoms. The summed E-state index contributed by atoms with van der Waals surface area (Å²) in [6.45, 7) is 0.465. The van der Waals surface area contributed by atoms with Crippen molar-refractivity contribution in [2.45, 2.75) is 12.3 Å². The Morgan fingerprint density at radius 3 is 2.79 bits per heavy atom. The zero-order valence-corrected chi connectivity index (χ0v) is 13.2. The maximum absolute atomic E-state index is 12.2. The molecule has 0 radical (unpaired) electrons. The SMILES string of the molecule is O=C(N/N=C/C1=Cc2ccccc2OC1)[C@H]1C[C@@H]1c1ccccc1. The van der Waals surface area contributed by atoms with Crippen LogP contribution in [0.2, 0.25) is 0 Å². The topological polar surface area (TPSA) is 50.7 Å². The summed E-state index contributed by atoms with van der Waals surface area (Å²) in [5, 5.41) is 4.08. The van der Waals surface area contributed by atoms with E-state index in [4.69, 9.17) is 4.74 Å². The first-order chi connectivity index (χ1) is 11.8. The van der Waals surface area contributed by atoms with E-state index in [1.807, 2.05) is 48.5 Å². The third-order valence-electron chi connectivity index (χ3n) is 4.41. The van der Waals surface area contributed by atoms with Gasteiger partial charge in [0.2, 0.25) is 5.91 Å². The summed E-state index contributed by atoms with van der Waals surface area (Å²) in [5.41, 5.74) is 5.84. The predicted octanol–water partition coefficient (Wildman–Crippen LogP) is 3.37. The standard InChI is InChI=1S/C20H18N2O2/c23-20(18-11-17(18)15-6-2-1-3-7-15)22-21-12-14-10-16-8-4-5-9-19(16)24-13-14/h1-10,12,17-18H,11,13H2,(H,22,23)/b21-12+/t17-,18+/m1/s1. The second-order valence-electron chi connectivity index (χ2n) is 6.14. The van der Waals surface area contributed by atoms with Gasteiger partial charge in [0.15, 0.2) is 0 Å². The van der Waals surface area contributed by atoms with Gasteiger partial charge in [0.25, 0.3) is 0 Å². The number of benzene rings is 2. The number of carbonyl (C=O) groups excluding carboxylic acids is 1. The first-order valence-corrected chi connectivity index (χ1v) is 8.11. The molecule has 2 atom stereocenters. The van der Waals surface area contributed by atoms with E-state index in [0.717, 1.165) is 23.3 Å². The first kappa shape index (κ1) is 14.7. The fourth-order valence-corrected chi connectivity index (χ4v) is 3.02. The predicted molar refractivity (Wildman–Crippen MR) is 93.8 cm³/mol. The number of hydrogen-bond donors (Lipinski definition) is 1. The van der Waals surface area contributed by atoms with Crippen molar-refractivity contribution in [2.75, 3.05) is 6.61 Å². The normalized spacial score (nSPS) is 21.6. The van der Waals surface area contributed by atoms with Crippen molar-refractivity contribution < 1.29 is 9.53 Å². The molecule has 1 N–H and O–H groups in total. The summed E-state index contributed by atoms with van der Waals surface area (Å²) in [7, 11) is 0. The van der Waals surface area contributed by atoms with Crippen molar-refractivity contribution >= 4 is 18.2 Å². The lowest BCUT2D eigenvalue weighted by atomic mass is 10.1. The molecule has 1 amide bonds. The third kappa shape index (κ3) is 3.08. The molecule has 24 heavy (non-hydrogen) atoms. The van der Waals surface area contributed by atoms with Crippen LogP contribution in [0.3, 0.4) is 0 Å². The molecule has 0 bridgehead atoms. The van der Waals surface area contributed by atoms with Gasteiger partial charge >= 0.3 is 0 Å². The summed E-state index contributed by atoms with van der Waals surface area (Å²) in [5.74, 6) is 1.22. The van der Waals surface area contributed by atoms with Crippen molar-refractivity contribution in [3.63, 3.8) is 0 Å². The molecule has 4 rings (SSSR count). The van der Waals surface area contributed by atoms with Gasteiger partial charge in [-0.2, -0.15) is 5.10 Å². The van der Waals surface area contributed by atoms with Crippen molar-refractivity contribution in [1.82, 2.24) is 5.43 Å². The minimum Gasteiger partial charge on any atom is -0.488 e. The van der Waals surface area contributed by atoms with Crippen LogP contribution in [0.25, 0.3) is 6.08 Å². The Bertz CT molecular complexity index is 811. The van der Waals surface area contributed by atoms with Gasteiger partial charge in [-0.1, -0.05) is 48.5 Å². The average molecular weight is 318 g/mol.